The predicted molar refractivity (Wildman–Crippen MR) is 147 cm³/mol. The molecule has 1 heterocycles. The third kappa shape index (κ3) is 7.42. The number of anilines is 3. The molecule has 1 fully saturated rings. The van der Waals surface area contributed by atoms with Gasteiger partial charge in [-0.2, -0.15) is 0 Å². The fourth-order valence-corrected chi connectivity index (χ4v) is 4.61. The molecule has 1 N–H and O–H groups in total. The van der Waals surface area contributed by atoms with E-state index in [0.29, 0.717) is 6.61 Å². The van der Waals surface area contributed by atoms with E-state index in [1.54, 1.807) is 0 Å². The van der Waals surface area contributed by atoms with Crippen molar-refractivity contribution in [3.8, 4) is 11.5 Å². The molecule has 4 nitrogen and oxygen atoms in total. The maximum atomic E-state index is 6.10. The molecule has 3 aromatic rings. The van der Waals surface area contributed by atoms with E-state index in [4.69, 9.17) is 9.47 Å². The van der Waals surface area contributed by atoms with E-state index >= 15 is 0 Å². The highest BCUT2D eigenvalue weighted by atomic mass is 16.5. The van der Waals surface area contributed by atoms with E-state index in [0.717, 1.165) is 54.9 Å². The quantitative estimate of drug-likeness (QED) is 0.240. The zero-order valence-corrected chi connectivity index (χ0v) is 21.3. The summed E-state index contributed by atoms with van der Waals surface area (Å²) in [4.78, 5) is 2.40. The number of rotatable bonds is 14. The molecule has 0 amide bonds. The molecule has 0 aromatic heterocycles. The highest BCUT2D eigenvalue weighted by Gasteiger charge is 2.19. The van der Waals surface area contributed by atoms with Crippen molar-refractivity contribution in [2.45, 2.75) is 59.0 Å². The fraction of sp³-hybridized carbons (Fsp3) is 0.419. The van der Waals surface area contributed by atoms with Gasteiger partial charge in [0.25, 0.3) is 0 Å². The molecule has 186 valence electrons. The molecule has 1 unspecified atom stereocenters. The van der Waals surface area contributed by atoms with Crippen LogP contribution in [-0.2, 0) is 6.61 Å². The number of hydrogen-bond donors (Lipinski definition) is 1. The van der Waals surface area contributed by atoms with Gasteiger partial charge in [0, 0.05) is 30.9 Å². The molecule has 35 heavy (non-hydrogen) atoms. The summed E-state index contributed by atoms with van der Waals surface area (Å²) in [6, 6.07) is 24.9. The molecule has 0 spiro atoms. The molecule has 0 saturated carbocycles. The van der Waals surface area contributed by atoms with Crippen molar-refractivity contribution in [2.24, 2.45) is 5.92 Å². The monoisotopic (exact) mass is 472 g/mol. The molecule has 0 radical (unpaired) electrons. The molecule has 3 aromatic carbocycles. The minimum Gasteiger partial charge on any atom is -0.494 e. The predicted octanol–water partition coefficient (Wildman–Crippen LogP) is 8.20. The molecular weight excluding hydrogens is 432 g/mol. The normalized spacial score (nSPS) is 13.7. The average molecular weight is 473 g/mol. The second-order valence-electron chi connectivity index (χ2n) is 9.50. The van der Waals surface area contributed by atoms with Gasteiger partial charge in [0.1, 0.15) is 18.1 Å². The average Bonchev–Trinajstić information content (AvgIpc) is 2.86. The Morgan fingerprint density at radius 1 is 0.857 bits per heavy atom. The van der Waals surface area contributed by atoms with Crippen LogP contribution in [0.15, 0.2) is 72.8 Å². The molecule has 1 atom stereocenters. The van der Waals surface area contributed by atoms with Crippen molar-refractivity contribution in [1.82, 2.24) is 0 Å². The van der Waals surface area contributed by atoms with E-state index in [1.807, 2.05) is 24.3 Å². The molecule has 1 aliphatic heterocycles. The van der Waals surface area contributed by atoms with Crippen molar-refractivity contribution in [2.75, 3.05) is 29.9 Å². The van der Waals surface area contributed by atoms with Crippen molar-refractivity contribution >= 4 is 17.1 Å². The first-order chi connectivity index (χ1) is 17.2. The van der Waals surface area contributed by atoms with Gasteiger partial charge in [0.2, 0.25) is 0 Å². The molecule has 1 aliphatic rings. The lowest BCUT2D eigenvalue weighted by atomic mass is 9.96. The van der Waals surface area contributed by atoms with Gasteiger partial charge in [-0.1, -0.05) is 69.5 Å². The fourth-order valence-electron chi connectivity index (χ4n) is 4.61. The van der Waals surface area contributed by atoms with E-state index in [2.05, 4.69) is 72.6 Å². The van der Waals surface area contributed by atoms with Crippen LogP contribution in [0, 0.1) is 5.92 Å². The Balaban J connectivity index is 1.37. The van der Waals surface area contributed by atoms with Gasteiger partial charge < -0.3 is 19.7 Å². The maximum absolute atomic E-state index is 6.10. The van der Waals surface area contributed by atoms with Crippen LogP contribution < -0.4 is 19.7 Å². The highest BCUT2D eigenvalue weighted by Crippen LogP contribution is 2.36. The number of benzene rings is 3. The van der Waals surface area contributed by atoms with Crippen LogP contribution in [0.4, 0.5) is 17.1 Å². The smallest absolute Gasteiger partial charge is 0.122 e. The second kappa shape index (κ2) is 13.1. The molecule has 1 saturated heterocycles. The second-order valence-corrected chi connectivity index (χ2v) is 9.50. The van der Waals surface area contributed by atoms with Crippen LogP contribution in [-0.4, -0.2) is 19.7 Å². The van der Waals surface area contributed by atoms with Gasteiger partial charge in [-0.3, -0.25) is 0 Å². The van der Waals surface area contributed by atoms with Crippen LogP contribution >= 0.6 is 0 Å². The minimum absolute atomic E-state index is 0.573. The van der Waals surface area contributed by atoms with Gasteiger partial charge in [0.05, 0.1) is 18.0 Å². The van der Waals surface area contributed by atoms with Gasteiger partial charge in [-0.15, -0.1) is 0 Å². The van der Waals surface area contributed by atoms with Crippen LogP contribution in [0.2, 0.25) is 0 Å². The van der Waals surface area contributed by atoms with Crippen LogP contribution in [0.5, 0.6) is 11.5 Å². The lowest BCUT2D eigenvalue weighted by Gasteiger charge is -2.35. The molecule has 0 aliphatic carbocycles. The first kappa shape index (κ1) is 25.0. The Labute approximate surface area is 211 Å². The largest absolute Gasteiger partial charge is 0.494 e. The van der Waals surface area contributed by atoms with Gasteiger partial charge in [0.15, 0.2) is 0 Å². The van der Waals surface area contributed by atoms with Crippen LogP contribution in [0.3, 0.4) is 0 Å². The first-order valence-corrected chi connectivity index (χ1v) is 13.3. The maximum Gasteiger partial charge on any atom is 0.122 e. The first-order valence-electron chi connectivity index (χ1n) is 13.3. The molecule has 4 heteroatoms. The SMILES string of the molecule is CCCC(CC)CCCOc1cccc(Nc2ccc(OCc3ccccc3)cc2N2CCC2)c1. The summed E-state index contributed by atoms with van der Waals surface area (Å²) in [6.07, 6.45) is 7.45. The summed E-state index contributed by atoms with van der Waals surface area (Å²) in [5.74, 6) is 2.65. The summed E-state index contributed by atoms with van der Waals surface area (Å²) in [5, 5.41) is 3.62. The Kier molecular flexibility index (Phi) is 9.33. The summed E-state index contributed by atoms with van der Waals surface area (Å²) in [6.45, 7) is 8.08. The topological polar surface area (TPSA) is 33.7 Å². The van der Waals surface area contributed by atoms with E-state index in [9.17, 15) is 0 Å². The summed E-state index contributed by atoms with van der Waals surface area (Å²) in [7, 11) is 0. The van der Waals surface area contributed by atoms with Crippen molar-refractivity contribution in [1.29, 1.82) is 0 Å². The summed E-state index contributed by atoms with van der Waals surface area (Å²) >= 11 is 0. The minimum atomic E-state index is 0.573. The van der Waals surface area contributed by atoms with E-state index in [1.165, 1.54) is 43.4 Å². The Bertz CT molecular complexity index is 1030. The number of nitrogens with zero attached hydrogens (tertiary/aromatic N) is 1. The standard InChI is InChI=1S/C31H40N2O2/c1-3-11-25(4-2)14-9-21-34-28-16-8-15-27(22-28)32-30-18-17-29(23-31(30)33-19-10-20-33)35-24-26-12-6-5-7-13-26/h5-8,12-13,15-18,22-23,25,32H,3-4,9-11,14,19-21,24H2,1-2H3. The van der Waals surface area contributed by atoms with Gasteiger partial charge in [-0.25, -0.2) is 0 Å². The van der Waals surface area contributed by atoms with Gasteiger partial charge in [-0.05, 0) is 55.0 Å². The molecule has 4 rings (SSSR count). The zero-order valence-electron chi connectivity index (χ0n) is 21.3. The number of hydrogen-bond acceptors (Lipinski definition) is 4. The van der Waals surface area contributed by atoms with Crippen LogP contribution in [0.1, 0.15) is 57.9 Å². The van der Waals surface area contributed by atoms with E-state index in [-0.39, 0.29) is 0 Å². The van der Waals surface area contributed by atoms with Crippen molar-refractivity contribution in [3.05, 3.63) is 78.4 Å². The zero-order chi connectivity index (χ0) is 24.3. The van der Waals surface area contributed by atoms with E-state index < -0.39 is 0 Å². The lowest BCUT2D eigenvalue weighted by Crippen LogP contribution is -2.37. The van der Waals surface area contributed by atoms with Crippen LogP contribution in [0.25, 0.3) is 0 Å². The molecular formula is C31H40N2O2. The van der Waals surface area contributed by atoms with Gasteiger partial charge >= 0.3 is 0 Å². The highest BCUT2D eigenvalue weighted by molar-refractivity contribution is 5.77. The van der Waals surface area contributed by atoms with Crippen molar-refractivity contribution < 1.29 is 9.47 Å². The lowest BCUT2D eigenvalue weighted by molar-refractivity contribution is 0.286. The number of nitrogens with one attached hydrogen (secondary N) is 1. The summed E-state index contributed by atoms with van der Waals surface area (Å²) in [5.41, 5.74) is 4.50. The Hall–Kier alpha value is -3.14. The third-order valence-electron chi connectivity index (χ3n) is 6.83. The van der Waals surface area contributed by atoms with Crippen molar-refractivity contribution in [3.63, 3.8) is 0 Å². The molecule has 0 bridgehead atoms. The Morgan fingerprint density at radius 3 is 2.43 bits per heavy atom. The Morgan fingerprint density at radius 2 is 1.69 bits per heavy atom. The summed E-state index contributed by atoms with van der Waals surface area (Å²) < 4.78 is 12.2. The third-order valence-corrected chi connectivity index (χ3v) is 6.83. The number of ether oxygens (including phenoxy) is 2.